The van der Waals surface area contributed by atoms with Crippen molar-refractivity contribution in [3.05, 3.63) is 127 Å². The Labute approximate surface area is 276 Å². The molecule has 4 atom stereocenters. The number of fused-ring (bicyclic) bond motifs is 6. The smallest absolute Gasteiger partial charge is 0.155 e. The molecule has 0 aliphatic heterocycles. The van der Waals surface area contributed by atoms with E-state index in [-0.39, 0.29) is 0 Å². The molecular formula is C43H31N3O2. The Morgan fingerprint density at radius 2 is 1.06 bits per heavy atom. The molecular weight excluding hydrogens is 590 g/mol. The van der Waals surface area contributed by atoms with Crippen LogP contribution < -0.4 is 4.90 Å². The van der Waals surface area contributed by atoms with E-state index in [9.17, 15) is 0 Å². The Hall–Kier alpha value is -5.42. The third-order valence-corrected chi connectivity index (χ3v) is 12.9. The summed E-state index contributed by atoms with van der Waals surface area (Å²) < 4.78 is 12.5. The fraction of sp³-hybridized carbons (Fsp3) is 0.209. The van der Waals surface area contributed by atoms with E-state index in [0.29, 0.717) is 0 Å². The predicted octanol–water partition coefficient (Wildman–Crippen LogP) is 11.2. The lowest BCUT2D eigenvalue weighted by Gasteiger charge is -2.89. The standard InChI is InChI=1S/C43H31N3O2/c1-3-7-36-32(5-1)41-38(47-36)20-30(22-44-41)46(31-21-39-42(45-23-31)33-6-2-4-8-37(33)48-39)29-15-13-25(14-16-29)24-9-11-26(12-10-24)40-34-18-27-17-28-19-35(40)43(27,28)34/h1-16,20-23,27-28,34-35,40H,17-19H2. The van der Waals surface area contributed by atoms with Gasteiger partial charge in [-0.25, -0.2) is 9.97 Å². The zero-order valence-corrected chi connectivity index (χ0v) is 26.2. The van der Waals surface area contributed by atoms with Crippen molar-refractivity contribution in [1.29, 1.82) is 0 Å². The molecule has 4 aliphatic rings. The van der Waals surface area contributed by atoms with Gasteiger partial charge in [0, 0.05) is 28.6 Å². The van der Waals surface area contributed by atoms with Gasteiger partial charge < -0.3 is 13.7 Å². The number of aromatic nitrogens is 2. The lowest BCUT2D eigenvalue weighted by molar-refractivity contribution is -0.390. The number of furan rings is 2. The number of hydrogen-bond donors (Lipinski definition) is 0. The van der Waals surface area contributed by atoms with E-state index in [1.54, 1.807) is 5.56 Å². The molecule has 4 aromatic carbocycles. The molecule has 5 nitrogen and oxygen atoms in total. The van der Waals surface area contributed by atoms with E-state index in [1.165, 1.54) is 30.4 Å². The Bertz CT molecular complexity index is 2460. The van der Waals surface area contributed by atoms with E-state index in [0.717, 1.165) is 96.2 Å². The van der Waals surface area contributed by atoms with Crippen LogP contribution in [0, 0.1) is 29.1 Å². The fourth-order valence-electron chi connectivity index (χ4n) is 10.8. The molecule has 230 valence electrons. The third-order valence-electron chi connectivity index (χ3n) is 12.9. The summed E-state index contributed by atoms with van der Waals surface area (Å²) in [7, 11) is 0. The topological polar surface area (TPSA) is 55.3 Å². The summed E-state index contributed by atoms with van der Waals surface area (Å²) in [5, 5.41) is 2.03. The van der Waals surface area contributed by atoms with E-state index < -0.39 is 0 Å². The van der Waals surface area contributed by atoms with Crippen LogP contribution in [0.3, 0.4) is 0 Å². The molecule has 1 spiro atoms. The van der Waals surface area contributed by atoms with Crippen LogP contribution >= 0.6 is 0 Å². The van der Waals surface area contributed by atoms with Crippen molar-refractivity contribution in [2.45, 2.75) is 25.2 Å². The van der Waals surface area contributed by atoms with Crippen molar-refractivity contribution in [3.8, 4) is 11.1 Å². The predicted molar refractivity (Wildman–Crippen MR) is 190 cm³/mol. The highest BCUT2D eigenvalue weighted by molar-refractivity contribution is 6.05. The lowest BCUT2D eigenvalue weighted by Crippen LogP contribution is -2.82. The Morgan fingerprint density at radius 3 is 1.60 bits per heavy atom. The molecule has 0 bridgehead atoms. The second-order valence-electron chi connectivity index (χ2n) is 14.6. The third kappa shape index (κ3) is 3.13. The SMILES string of the molecule is c1ccc2c(c1)oc1cc(N(c3ccc(-c4ccc(C5C6CC7CC8CC5C786)cc4)cc3)c3cnc4c(c3)oc3ccccc34)cnc12. The maximum Gasteiger partial charge on any atom is 0.155 e. The molecule has 0 N–H and O–H groups in total. The monoisotopic (exact) mass is 621 g/mol. The first-order chi connectivity index (χ1) is 23.7. The summed E-state index contributed by atoms with van der Waals surface area (Å²) in [4.78, 5) is 12.0. The highest BCUT2D eigenvalue weighted by Gasteiger charge is 2.84. The van der Waals surface area contributed by atoms with E-state index in [4.69, 9.17) is 18.8 Å². The Morgan fingerprint density at radius 1 is 0.542 bits per heavy atom. The van der Waals surface area contributed by atoms with Crippen molar-refractivity contribution in [1.82, 2.24) is 9.97 Å². The quantitative estimate of drug-likeness (QED) is 0.191. The fourth-order valence-corrected chi connectivity index (χ4v) is 10.8. The Kier molecular flexibility index (Phi) is 4.77. The summed E-state index contributed by atoms with van der Waals surface area (Å²) in [5.74, 6) is 4.90. The van der Waals surface area contributed by atoms with Crippen LogP contribution in [0.4, 0.5) is 17.1 Å². The number of benzene rings is 4. The van der Waals surface area contributed by atoms with E-state index in [2.05, 4.69) is 77.7 Å². The zero-order valence-electron chi connectivity index (χ0n) is 26.2. The molecule has 0 saturated heterocycles. The number of nitrogens with zero attached hydrogens (tertiary/aromatic N) is 3. The van der Waals surface area contributed by atoms with Crippen LogP contribution in [-0.2, 0) is 0 Å². The molecule has 0 radical (unpaired) electrons. The van der Waals surface area contributed by atoms with Crippen LogP contribution in [0.25, 0.3) is 55.3 Å². The molecule has 48 heavy (non-hydrogen) atoms. The molecule has 8 aromatic rings. The zero-order chi connectivity index (χ0) is 31.1. The van der Waals surface area contributed by atoms with Gasteiger partial charge >= 0.3 is 0 Å². The second-order valence-corrected chi connectivity index (χ2v) is 14.6. The number of rotatable bonds is 5. The summed E-state index contributed by atoms with van der Waals surface area (Å²) in [5.41, 5.74) is 12.5. The highest BCUT2D eigenvalue weighted by atomic mass is 16.3. The first-order valence-electron chi connectivity index (χ1n) is 17.3. The molecule has 0 amide bonds. The van der Waals surface area contributed by atoms with Gasteiger partial charge in [-0.1, -0.05) is 60.7 Å². The summed E-state index contributed by atoms with van der Waals surface area (Å²) in [6.45, 7) is 0. The second kappa shape index (κ2) is 8.93. The van der Waals surface area contributed by atoms with Crippen LogP contribution in [0.2, 0.25) is 0 Å². The van der Waals surface area contributed by atoms with Gasteiger partial charge in [0.15, 0.2) is 11.2 Å². The first-order valence-corrected chi connectivity index (χ1v) is 17.3. The molecule has 4 saturated carbocycles. The van der Waals surface area contributed by atoms with E-state index in [1.807, 2.05) is 48.8 Å². The molecule has 4 aromatic heterocycles. The minimum atomic E-state index is 0.748. The average Bonchev–Trinajstić information content (AvgIpc) is 3.65. The van der Waals surface area contributed by atoms with Crippen molar-refractivity contribution in [3.63, 3.8) is 0 Å². The van der Waals surface area contributed by atoms with Gasteiger partial charge in [-0.15, -0.1) is 0 Å². The van der Waals surface area contributed by atoms with Crippen LogP contribution in [0.15, 0.2) is 130 Å². The summed E-state index contributed by atoms with van der Waals surface area (Å²) >= 11 is 0. The largest absolute Gasteiger partial charge is 0.454 e. The average molecular weight is 622 g/mol. The first kappa shape index (κ1) is 25.6. The van der Waals surface area contributed by atoms with Crippen molar-refractivity contribution in [2.75, 3.05) is 4.90 Å². The van der Waals surface area contributed by atoms with Crippen LogP contribution in [-0.4, -0.2) is 9.97 Å². The molecule has 5 heteroatoms. The van der Waals surface area contributed by atoms with Crippen LogP contribution in [0.5, 0.6) is 0 Å². The van der Waals surface area contributed by atoms with Gasteiger partial charge in [0.25, 0.3) is 0 Å². The number of hydrogen-bond acceptors (Lipinski definition) is 5. The van der Waals surface area contributed by atoms with Gasteiger partial charge in [-0.05, 0) is 107 Å². The minimum absolute atomic E-state index is 0.748. The molecule has 12 rings (SSSR count). The van der Waals surface area contributed by atoms with Gasteiger partial charge in [-0.3, -0.25) is 0 Å². The highest BCUT2D eigenvalue weighted by Crippen LogP contribution is 2.91. The number of pyridine rings is 2. The van der Waals surface area contributed by atoms with Gasteiger partial charge in [-0.2, -0.15) is 0 Å². The summed E-state index contributed by atoms with van der Waals surface area (Å²) in [6.07, 6.45) is 8.33. The van der Waals surface area contributed by atoms with Crippen molar-refractivity contribution < 1.29 is 8.83 Å². The molecule has 4 aliphatic carbocycles. The minimum Gasteiger partial charge on any atom is -0.454 e. The number of anilines is 3. The van der Waals surface area contributed by atoms with Crippen molar-refractivity contribution in [2.24, 2.45) is 29.1 Å². The summed E-state index contributed by atoms with van der Waals surface area (Å²) in [6, 6.07) is 38.5. The number of para-hydroxylation sites is 2. The van der Waals surface area contributed by atoms with Gasteiger partial charge in [0.1, 0.15) is 22.2 Å². The molecule has 4 unspecified atom stereocenters. The van der Waals surface area contributed by atoms with E-state index >= 15 is 0 Å². The lowest BCUT2D eigenvalue weighted by atomic mass is 9.15. The molecule has 4 fully saturated rings. The maximum absolute atomic E-state index is 6.26. The normalized spacial score (nSPS) is 26.4. The maximum atomic E-state index is 6.26. The van der Waals surface area contributed by atoms with Gasteiger partial charge in [0.05, 0.1) is 23.8 Å². The van der Waals surface area contributed by atoms with Crippen LogP contribution in [0.1, 0.15) is 30.7 Å². The molecule has 4 heterocycles. The van der Waals surface area contributed by atoms with Crippen molar-refractivity contribution >= 4 is 61.2 Å². The Balaban J connectivity index is 0.921. The van der Waals surface area contributed by atoms with Gasteiger partial charge in [0.2, 0.25) is 0 Å².